The van der Waals surface area contributed by atoms with Gasteiger partial charge in [0, 0.05) is 0 Å². The van der Waals surface area contributed by atoms with Crippen LogP contribution in [0, 0.1) is 0 Å². The molecule has 8 nitrogen and oxygen atoms in total. The summed E-state index contributed by atoms with van der Waals surface area (Å²) >= 11 is 0. The summed E-state index contributed by atoms with van der Waals surface area (Å²) in [6.07, 6.45) is 0. The van der Waals surface area contributed by atoms with Gasteiger partial charge in [0.15, 0.2) is 0 Å². The number of carbonyl (C=O) groups is 2. The summed E-state index contributed by atoms with van der Waals surface area (Å²) < 4.78 is 43.0. The summed E-state index contributed by atoms with van der Waals surface area (Å²) in [5.74, 6) is -1.19. The molecule has 0 saturated heterocycles. The van der Waals surface area contributed by atoms with E-state index in [9.17, 15) is 18.0 Å². The van der Waals surface area contributed by atoms with Crippen LogP contribution in [0.15, 0.2) is 41.3 Å². The minimum absolute atomic E-state index is 0.00371. The molecule has 0 amide bonds. The van der Waals surface area contributed by atoms with Crippen molar-refractivity contribution in [3.63, 3.8) is 0 Å². The molecule has 0 unspecified atom stereocenters. The second kappa shape index (κ2) is 8.95. The average Bonchev–Trinajstić information content (AvgIpc) is 2.71. The van der Waals surface area contributed by atoms with Crippen molar-refractivity contribution in [2.24, 2.45) is 0 Å². The van der Waals surface area contributed by atoms with E-state index in [0.29, 0.717) is 0 Å². The van der Waals surface area contributed by atoms with Gasteiger partial charge >= 0.3 is 11.9 Å². The lowest BCUT2D eigenvalue weighted by Crippen LogP contribution is -2.16. The van der Waals surface area contributed by atoms with E-state index in [0.717, 1.165) is 5.56 Å². The molecule has 9 heteroatoms. The van der Waals surface area contributed by atoms with Crippen LogP contribution in [0.4, 0.5) is 5.69 Å². The fourth-order valence-corrected chi connectivity index (χ4v) is 3.88. The Balaban J connectivity index is 2.56. The van der Waals surface area contributed by atoms with E-state index in [-0.39, 0.29) is 33.4 Å². The van der Waals surface area contributed by atoms with Crippen molar-refractivity contribution in [2.75, 3.05) is 26.1 Å². The first-order valence-electron chi connectivity index (χ1n) is 8.65. The number of hydrogen-bond donors (Lipinski definition) is 1. The number of methoxy groups -OCH3 is 3. The lowest BCUT2D eigenvalue weighted by molar-refractivity contribution is 0.0599. The molecule has 0 atom stereocenters. The number of esters is 2. The minimum atomic E-state index is -4.09. The molecule has 29 heavy (non-hydrogen) atoms. The van der Waals surface area contributed by atoms with Crippen molar-refractivity contribution in [2.45, 2.75) is 24.7 Å². The van der Waals surface area contributed by atoms with E-state index in [1.54, 1.807) is 12.1 Å². The van der Waals surface area contributed by atoms with Gasteiger partial charge in [-0.05, 0) is 41.8 Å². The molecule has 2 rings (SSSR count). The highest BCUT2D eigenvalue weighted by Gasteiger charge is 2.23. The molecule has 0 saturated carbocycles. The Labute approximate surface area is 169 Å². The number of benzene rings is 2. The van der Waals surface area contributed by atoms with Crippen LogP contribution in [-0.2, 0) is 19.5 Å². The largest absolute Gasteiger partial charge is 0.495 e. The molecule has 2 aromatic rings. The quantitative estimate of drug-likeness (QED) is 0.684. The van der Waals surface area contributed by atoms with Crippen LogP contribution >= 0.6 is 0 Å². The predicted octanol–water partition coefficient (Wildman–Crippen LogP) is 3.19. The van der Waals surface area contributed by atoms with E-state index in [1.807, 2.05) is 13.8 Å². The summed E-state index contributed by atoms with van der Waals surface area (Å²) in [7, 11) is -0.358. The van der Waals surface area contributed by atoms with Gasteiger partial charge in [-0.25, -0.2) is 18.0 Å². The fraction of sp³-hybridized carbons (Fsp3) is 0.300. The molecular weight excluding hydrogens is 398 g/mol. The highest BCUT2D eigenvalue weighted by Crippen LogP contribution is 2.30. The Morgan fingerprint density at radius 1 is 0.897 bits per heavy atom. The van der Waals surface area contributed by atoms with Gasteiger partial charge in [-0.3, -0.25) is 4.72 Å². The zero-order valence-electron chi connectivity index (χ0n) is 16.8. The molecule has 0 aliphatic rings. The van der Waals surface area contributed by atoms with E-state index in [2.05, 4.69) is 14.2 Å². The van der Waals surface area contributed by atoms with Gasteiger partial charge in [0.25, 0.3) is 10.0 Å². The van der Waals surface area contributed by atoms with Crippen LogP contribution in [0.2, 0.25) is 0 Å². The molecule has 156 valence electrons. The molecule has 0 aromatic heterocycles. The molecule has 0 spiro atoms. The Hall–Kier alpha value is -3.07. The van der Waals surface area contributed by atoms with Crippen molar-refractivity contribution >= 4 is 27.6 Å². The maximum atomic E-state index is 13.0. The summed E-state index contributed by atoms with van der Waals surface area (Å²) in [4.78, 5) is 23.8. The maximum absolute atomic E-state index is 13.0. The summed E-state index contributed by atoms with van der Waals surface area (Å²) in [5.41, 5.74) is 0.807. The number of hydrogen-bond acceptors (Lipinski definition) is 7. The third-order valence-electron chi connectivity index (χ3n) is 4.17. The first-order valence-corrected chi connectivity index (χ1v) is 10.1. The van der Waals surface area contributed by atoms with Crippen molar-refractivity contribution in [1.29, 1.82) is 0 Å². The molecule has 2 aromatic carbocycles. The number of rotatable bonds is 7. The van der Waals surface area contributed by atoms with Gasteiger partial charge < -0.3 is 14.2 Å². The Bertz CT molecular complexity index is 995. The molecule has 0 heterocycles. The van der Waals surface area contributed by atoms with Crippen LogP contribution in [-0.4, -0.2) is 41.7 Å². The molecule has 0 aliphatic carbocycles. The summed E-state index contributed by atoms with van der Waals surface area (Å²) in [6.45, 7) is 3.88. The van der Waals surface area contributed by atoms with E-state index in [1.165, 1.54) is 45.6 Å². The van der Waals surface area contributed by atoms with E-state index < -0.39 is 22.0 Å². The third kappa shape index (κ3) is 5.05. The minimum Gasteiger partial charge on any atom is -0.495 e. The van der Waals surface area contributed by atoms with Crippen molar-refractivity contribution in [1.82, 2.24) is 0 Å². The molecule has 0 radical (unpaired) electrons. The number of nitrogens with one attached hydrogen (secondary N) is 1. The first kappa shape index (κ1) is 22.2. The Kier molecular flexibility index (Phi) is 6.86. The second-order valence-corrected chi connectivity index (χ2v) is 8.10. The maximum Gasteiger partial charge on any atom is 0.337 e. The number of sulfonamides is 1. The molecule has 0 fully saturated rings. The molecule has 0 bridgehead atoms. The lowest BCUT2D eigenvalue weighted by atomic mass is 10.0. The molecular formula is C20H23NO7S. The van der Waals surface area contributed by atoms with Crippen molar-refractivity contribution in [3.05, 3.63) is 53.1 Å². The second-order valence-electron chi connectivity index (χ2n) is 6.45. The van der Waals surface area contributed by atoms with Gasteiger partial charge in [-0.1, -0.05) is 19.9 Å². The van der Waals surface area contributed by atoms with Crippen LogP contribution in [0.5, 0.6) is 5.75 Å². The van der Waals surface area contributed by atoms with Crippen LogP contribution < -0.4 is 9.46 Å². The highest BCUT2D eigenvalue weighted by molar-refractivity contribution is 7.92. The smallest absolute Gasteiger partial charge is 0.337 e. The third-order valence-corrected chi connectivity index (χ3v) is 5.57. The molecule has 1 N–H and O–H groups in total. The van der Waals surface area contributed by atoms with E-state index in [4.69, 9.17) is 4.74 Å². The van der Waals surface area contributed by atoms with E-state index >= 15 is 0 Å². The van der Waals surface area contributed by atoms with Gasteiger partial charge in [-0.2, -0.15) is 0 Å². The normalized spacial score (nSPS) is 11.1. The van der Waals surface area contributed by atoms with Gasteiger partial charge in [0.05, 0.1) is 38.1 Å². The number of anilines is 1. The Morgan fingerprint density at radius 3 is 1.90 bits per heavy atom. The fourth-order valence-electron chi connectivity index (χ4n) is 2.63. The van der Waals surface area contributed by atoms with Crippen LogP contribution in [0.25, 0.3) is 0 Å². The van der Waals surface area contributed by atoms with Gasteiger partial charge in [-0.15, -0.1) is 0 Å². The first-order chi connectivity index (χ1) is 13.6. The zero-order chi connectivity index (χ0) is 21.8. The monoisotopic (exact) mass is 421 g/mol. The SMILES string of the molecule is COC(=O)c1cc(NS(=O)(=O)c2cc(C(C)C)ccc2OC)cc(C(=O)OC)c1. The topological polar surface area (TPSA) is 108 Å². The Morgan fingerprint density at radius 2 is 1.45 bits per heavy atom. The summed E-state index contributed by atoms with van der Waals surface area (Å²) in [6, 6.07) is 8.69. The van der Waals surface area contributed by atoms with Crippen LogP contribution in [0.3, 0.4) is 0 Å². The number of carbonyl (C=O) groups excluding carboxylic acids is 2. The van der Waals surface area contributed by atoms with Gasteiger partial charge in [0.1, 0.15) is 10.6 Å². The van der Waals surface area contributed by atoms with Gasteiger partial charge in [0.2, 0.25) is 0 Å². The molecule has 0 aliphatic heterocycles. The van der Waals surface area contributed by atoms with Crippen LogP contribution in [0.1, 0.15) is 46.0 Å². The lowest BCUT2D eigenvalue weighted by Gasteiger charge is -2.15. The standard InChI is InChI=1S/C20H23NO7S/c1-12(2)13-6-7-17(26-3)18(11-13)29(24,25)21-16-9-14(19(22)27-4)8-15(10-16)20(23)28-5/h6-12,21H,1-5H3. The van der Waals surface area contributed by atoms with Crippen molar-refractivity contribution in [3.8, 4) is 5.75 Å². The van der Waals surface area contributed by atoms with Crippen molar-refractivity contribution < 1.29 is 32.2 Å². The average molecular weight is 421 g/mol. The summed E-state index contributed by atoms with van der Waals surface area (Å²) in [5, 5.41) is 0. The highest BCUT2D eigenvalue weighted by atomic mass is 32.2. The zero-order valence-corrected chi connectivity index (χ0v) is 17.6. The number of ether oxygens (including phenoxy) is 3. The predicted molar refractivity (Wildman–Crippen MR) is 107 cm³/mol.